The minimum absolute atomic E-state index is 0.320. The number of thioether (sulfide) groups is 1. The number of hydrogen-bond donors (Lipinski definition) is 2. The molecule has 1 aromatic heterocycles. The molecule has 0 aliphatic heterocycles. The molecule has 120 valence electrons. The minimum atomic E-state index is -0.723. The van der Waals surface area contributed by atoms with Crippen molar-refractivity contribution in [2.24, 2.45) is 7.05 Å². The highest BCUT2D eigenvalue weighted by atomic mass is 32.2. The zero-order valence-electron chi connectivity index (χ0n) is 13.3. The number of aromatic nitrogens is 3. The molecule has 2 N–H and O–H groups in total. The molecule has 6 nitrogen and oxygen atoms in total. The SMILES string of the molecule is CCCNC(CCC)C(CC)Sc1nc(=O)c(=O)[nH]n1C. The van der Waals surface area contributed by atoms with Gasteiger partial charge in [0.15, 0.2) is 5.16 Å². The highest BCUT2D eigenvalue weighted by Crippen LogP contribution is 2.26. The van der Waals surface area contributed by atoms with Gasteiger partial charge in [0.1, 0.15) is 0 Å². The lowest BCUT2D eigenvalue weighted by atomic mass is 10.1. The molecule has 2 atom stereocenters. The average molecular weight is 314 g/mol. The third-order valence-electron chi connectivity index (χ3n) is 3.31. The van der Waals surface area contributed by atoms with Gasteiger partial charge in [0.05, 0.1) is 0 Å². The third kappa shape index (κ3) is 5.32. The Morgan fingerprint density at radius 1 is 1.29 bits per heavy atom. The minimum Gasteiger partial charge on any atom is -0.313 e. The van der Waals surface area contributed by atoms with Crippen LogP contribution < -0.4 is 16.4 Å². The molecule has 0 radical (unpaired) electrons. The molecule has 0 aliphatic rings. The second-order valence-corrected chi connectivity index (χ2v) is 6.32. The van der Waals surface area contributed by atoms with Gasteiger partial charge >= 0.3 is 11.1 Å². The van der Waals surface area contributed by atoms with Gasteiger partial charge in [-0.25, -0.2) is 0 Å². The van der Waals surface area contributed by atoms with Crippen molar-refractivity contribution < 1.29 is 0 Å². The molecule has 0 saturated heterocycles. The number of aryl methyl sites for hydroxylation is 1. The summed E-state index contributed by atoms with van der Waals surface area (Å²) in [5, 5.41) is 6.96. The first kappa shape index (κ1) is 18.0. The molecule has 0 amide bonds. The summed E-state index contributed by atoms with van der Waals surface area (Å²) in [6.45, 7) is 7.45. The lowest BCUT2D eigenvalue weighted by Gasteiger charge is -2.26. The first-order chi connectivity index (χ1) is 10.0. The lowest BCUT2D eigenvalue weighted by Crippen LogP contribution is -2.39. The lowest BCUT2D eigenvalue weighted by molar-refractivity contribution is 0.452. The summed E-state index contributed by atoms with van der Waals surface area (Å²) >= 11 is 1.56. The summed E-state index contributed by atoms with van der Waals surface area (Å²) < 4.78 is 1.53. The molecular weight excluding hydrogens is 288 g/mol. The molecule has 2 unspecified atom stereocenters. The average Bonchev–Trinajstić information content (AvgIpc) is 2.46. The van der Waals surface area contributed by atoms with E-state index >= 15 is 0 Å². The maximum Gasteiger partial charge on any atom is 0.339 e. The van der Waals surface area contributed by atoms with E-state index in [-0.39, 0.29) is 0 Å². The van der Waals surface area contributed by atoms with Crippen LogP contribution in [0.5, 0.6) is 0 Å². The summed E-state index contributed by atoms with van der Waals surface area (Å²) in [4.78, 5) is 26.6. The van der Waals surface area contributed by atoms with E-state index in [0.717, 1.165) is 32.2 Å². The maximum atomic E-state index is 11.4. The standard InChI is InChI=1S/C14H26N4O2S/c1-5-8-10(15-9-6-2)11(7-3)21-14-16-12(19)13(20)17-18(14)4/h10-11,15H,5-9H2,1-4H3,(H,17,20). The monoisotopic (exact) mass is 314 g/mol. The van der Waals surface area contributed by atoms with Crippen LogP contribution in [0.1, 0.15) is 46.5 Å². The highest BCUT2D eigenvalue weighted by molar-refractivity contribution is 7.99. The van der Waals surface area contributed by atoms with Crippen molar-refractivity contribution in [1.82, 2.24) is 20.1 Å². The van der Waals surface area contributed by atoms with Crippen LogP contribution >= 0.6 is 11.8 Å². The van der Waals surface area contributed by atoms with Crippen molar-refractivity contribution in [2.45, 2.75) is 62.9 Å². The first-order valence-corrected chi connectivity index (χ1v) is 8.48. The topological polar surface area (TPSA) is 79.8 Å². The van der Waals surface area contributed by atoms with Crippen LogP contribution in [0, 0.1) is 0 Å². The fraction of sp³-hybridized carbons (Fsp3) is 0.786. The Morgan fingerprint density at radius 2 is 2.00 bits per heavy atom. The fourth-order valence-corrected chi connectivity index (χ4v) is 3.38. The van der Waals surface area contributed by atoms with Crippen LogP contribution in [-0.2, 0) is 7.05 Å². The summed E-state index contributed by atoms with van der Waals surface area (Å²) in [5.74, 6) is 0. The number of nitrogens with zero attached hydrogens (tertiary/aromatic N) is 2. The zero-order chi connectivity index (χ0) is 15.8. The van der Waals surface area contributed by atoms with Gasteiger partial charge in [-0.05, 0) is 25.8 Å². The van der Waals surface area contributed by atoms with Crippen LogP contribution in [-0.4, -0.2) is 32.6 Å². The van der Waals surface area contributed by atoms with E-state index in [1.165, 1.54) is 4.68 Å². The Morgan fingerprint density at radius 3 is 2.57 bits per heavy atom. The smallest absolute Gasteiger partial charge is 0.313 e. The molecule has 0 aromatic carbocycles. The number of rotatable bonds is 9. The molecule has 7 heteroatoms. The predicted octanol–water partition coefficient (Wildman–Crippen LogP) is 1.51. The highest BCUT2D eigenvalue weighted by Gasteiger charge is 2.21. The van der Waals surface area contributed by atoms with E-state index in [9.17, 15) is 9.59 Å². The van der Waals surface area contributed by atoms with Crippen LogP contribution in [0.3, 0.4) is 0 Å². The molecule has 21 heavy (non-hydrogen) atoms. The summed E-state index contributed by atoms with van der Waals surface area (Å²) in [6, 6.07) is 0.383. The summed E-state index contributed by atoms with van der Waals surface area (Å²) in [6.07, 6.45) is 4.26. The second kappa shape index (κ2) is 9.04. The molecule has 1 rings (SSSR count). The number of hydrogen-bond acceptors (Lipinski definition) is 5. The van der Waals surface area contributed by atoms with Gasteiger partial charge in [0.25, 0.3) is 0 Å². The molecule has 1 heterocycles. The Labute approximate surface area is 129 Å². The van der Waals surface area contributed by atoms with Gasteiger partial charge in [-0.15, -0.1) is 0 Å². The van der Waals surface area contributed by atoms with Gasteiger partial charge in [-0.1, -0.05) is 39.0 Å². The van der Waals surface area contributed by atoms with Gasteiger partial charge in [-0.3, -0.25) is 19.4 Å². The number of aromatic amines is 1. The van der Waals surface area contributed by atoms with E-state index in [0.29, 0.717) is 16.4 Å². The van der Waals surface area contributed by atoms with Gasteiger partial charge in [0.2, 0.25) is 0 Å². The zero-order valence-corrected chi connectivity index (χ0v) is 14.1. The van der Waals surface area contributed by atoms with Gasteiger partial charge in [-0.2, -0.15) is 4.98 Å². The van der Waals surface area contributed by atoms with Crippen molar-refractivity contribution in [2.75, 3.05) is 6.54 Å². The third-order valence-corrected chi connectivity index (χ3v) is 4.85. The van der Waals surface area contributed by atoms with Crippen LogP contribution in [0.15, 0.2) is 14.7 Å². The Bertz CT molecular complexity index is 541. The summed E-state index contributed by atoms with van der Waals surface area (Å²) in [5.41, 5.74) is -1.40. The van der Waals surface area contributed by atoms with E-state index in [1.807, 2.05) is 0 Å². The molecule has 1 aromatic rings. The van der Waals surface area contributed by atoms with Crippen LogP contribution in [0.25, 0.3) is 0 Å². The maximum absolute atomic E-state index is 11.4. The molecule has 0 fully saturated rings. The van der Waals surface area contributed by atoms with Crippen LogP contribution in [0.4, 0.5) is 0 Å². The van der Waals surface area contributed by atoms with Crippen molar-refractivity contribution in [3.8, 4) is 0 Å². The van der Waals surface area contributed by atoms with Crippen LogP contribution in [0.2, 0.25) is 0 Å². The van der Waals surface area contributed by atoms with Crippen molar-refractivity contribution in [3.05, 3.63) is 20.7 Å². The first-order valence-electron chi connectivity index (χ1n) is 7.60. The van der Waals surface area contributed by atoms with E-state index < -0.39 is 11.1 Å². The van der Waals surface area contributed by atoms with E-state index in [4.69, 9.17) is 0 Å². The normalized spacial score (nSPS) is 14.1. The fourth-order valence-electron chi connectivity index (χ4n) is 2.21. The largest absolute Gasteiger partial charge is 0.339 e. The van der Waals surface area contributed by atoms with Crippen molar-refractivity contribution >= 4 is 11.8 Å². The van der Waals surface area contributed by atoms with Gasteiger partial charge < -0.3 is 5.32 Å². The summed E-state index contributed by atoms with van der Waals surface area (Å²) in [7, 11) is 1.71. The van der Waals surface area contributed by atoms with E-state index in [2.05, 4.69) is 36.2 Å². The predicted molar refractivity (Wildman–Crippen MR) is 87.0 cm³/mol. The Hall–Kier alpha value is -1.08. The van der Waals surface area contributed by atoms with Crippen molar-refractivity contribution in [3.63, 3.8) is 0 Å². The molecule has 0 aliphatic carbocycles. The van der Waals surface area contributed by atoms with E-state index in [1.54, 1.807) is 18.8 Å². The Kier molecular flexibility index (Phi) is 7.74. The Balaban J connectivity index is 2.91. The number of nitrogens with one attached hydrogen (secondary N) is 2. The molecule has 0 spiro atoms. The van der Waals surface area contributed by atoms with Crippen molar-refractivity contribution in [1.29, 1.82) is 0 Å². The molecular formula is C14H26N4O2S. The molecule has 0 bridgehead atoms. The second-order valence-electron chi connectivity index (χ2n) is 5.11. The quantitative estimate of drug-likeness (QED) is 0.533. The molecule has 0 saturated carbocycles. The number of H-pyrrole nitrogens is 1. The van der Waals surface area contributed by atoms with Gasteiger partial charge in [0, 0.05) is 18.3 Å².